The van der Waals surface area contributed by atoms with Crippen molar-refractivity contribution in [3.05, 3.63) is 0 Å². The van der Waals surface area contributed by atoms with Gasteiger partial charge >= 0.3 is 0 Å². The molecule has 1 saturated carbocycles. The molecule has 1 aliphatic carbocycles. The third kappa shape index (κ3) is 6.06. The lowest BCUT2D eigenvalue weighted by Gasteiger charge is -2.16. The van der Waals surface area contributed by atoms with Crippen molar-refractivity contribution in [3.63, 3.8) is 0 Å². The summed E-state index contributed by atoms with van der Waals surface area (Å²) in [4.78, 5) is 11.8. The Morgan fingerprint density at radius 1 is 1.35 bits per heavy atom. The minimum absolute atomic E-state index is 0.225. The molecule has 0 saturated heterocycles. The number of nitrogens with two attached hydrogens (primary N) is 1. The van der Waals surface area contributed by atoms with E-state index in [-0.39, 0.29) is 5.91 Å². The van der Waals surface area contributed by atoms with Gasteiger partial charge in [-0.15, -0.1) is 0 Å². The molecule has 0 bridgehead atoms. The Balaban J connectivity index is 2.15. The summed E-state index contributed by atoms with van der Waals surface area (Å²) >= 11 is 0. The average Bonchev–Trinajstić information content (AvgIpc) is 3.10. The Morgan fingerprint density at radius 2 is 2.06 bits per heavy atom. The fraction of sp³-hybridized carbons (Fsp3) is 0.929. The van der Waals surface area contributed by atoms with Gasteiger partial charge in [0, 0.05) is 12.5 Å². The van der Waals surface area contributed by atoms with E-state index >= 15 is 0 Å². The minimum Gasteiger partial charge on any atom is -0.353 e. The zero-order chi connectivity index (χ0) is 12.7. The van der Waals surface area contributed by atoms with Crippen molar-refractivity contribution in [1.29, 1.82) is 0 Å². The van der Waals surface area contributed by atoms with Crippen LogP contribution in [0, 0.1) is 11.8 Å². The predicted octanol–water partition coefficient (Wildman–Crippen LogP) is 2.45. The molecule has 3 nitrogen and oxygen atoms in total. The van der Waals surface area contributed by atoms with Gasteiger partial charge < -0.3 is 11.1 Å². The Morgan fingerprint density at radius 3 is 2.59 bits per heavy atom. The maximum absolute atomic E-state index is 11.8. The lowest BCUT2D eigenvalue weighted by Crippen LogP contribution is -2.34. The monoisotopic (exact) mass is 240 g/mol. The zero-order valence-electron chi connectivity index (χ0n) is 11.4. The molecule has 0 heterocycles. The van der Waals surface area contributed by atoms with Crippen LogP contribution in [-0.4, -0.2) is 18.5 Å². The lowest BCUT2D eigenvalue weighted by atomic mass is 9.94. The molecule has 3 N–H and O–H groups in total. The highest BCUT2D eigenvalue weighted by Gasteiger charge is 2.28. The third-order valence-electron chi connectivity index (χ3n) is 3.77. The molecule has 1 fully saturated rings. The van der Waals surface area contributed by atoms with Crippen LogP contribution in [0.5, 0.6) is 0 Å². The van der Waals surface area contributed by atoms with Crippen LogP contribution in [0.3, 0.4) is 0 Å². The van der Waals surface area contributed by atoms with Gasteiger partial charge in [-0.2, -0.15) is 0 Å². The van der Waals surface area contributed by atoms with Crippen molar-refractivity contribution < 1.29 is 4.79 Å². The summed E-state index contributed by atoms with van der Waals surface area (Å²) in [5, 5.41) is 3.11. The molecule has 3 heteroatoms. The fourth-order valence-electron chi connectivity index (χ4n) is 2.45. The third-order valence-corrected chi connectivity index (χ3v) is 3.77. The van der Waals surface area contributed by atoms with E-state index in [9.17, 15) is 4.79 Å². The maximum Gasteiger partial charge on any atom is 0.220 e. The molecule has 0 aliphatic heterocycles. The van der Waals surface area contributed by atoms with Crippen molar-refractivity contribution >= 4 is 5.91 Å². The van der Waals surface area contributed by atoms with Crippen LogP contribution in [-0.2, 0) is 4.79 Å². The first-order chi connectivity index (χ1) is 8.17. The second kappa shape index (κ2) is 7.70. The Hall–Kier alpha value is -0.570. The number of hydrogen-bond acceptors (Lipinski definition) is 2. The minimum atomic E-state index is 0.225. The van der Waals surface area contributed by atoms with E-state index in [4.69, 9.17) is 5.73 Å². The highest BCUT2D eigenvalue weighted by Crippen LogP contribution is 2.32. The van der Waals surface area contributed by atoms with Crippen molar-refractivity contribution in [2.24, 2.45) is 17.6 Å². The normalized spacial score (nSPS) is 18.8. The number of hydrogen-bond donors (Lipinski definition) is 2. The first-order valence-corrected chi connectivity index (χ1v) is 7.16. The van der Waals surface area contributed by atoms with Gasteiger partial charge in [0.05, 0.1) is 0 Å². The molecule has 1 aliphatic rings. The first kappa shape index (κ1) is 14.5. The van der Waals surface area contributed by atoms with E-state index < -0.39 is 0 Å². The van der Waals surface area contributed by atoms with Crippen LogP contribution < -0.4 is 11.1 Å². The van der Waals surface area contributed by atoms with E-state index in [1.54, 1.807) is 0 Å². The average molecular weight is 240 g/mol. The summed E-state index contributed by atoms with van der Waals surface area (Å²) in [5.41, 5.74) is 5.59. The molecule has 0 aromatic carbocycles. The molecule has 1 amide bonds. The van der Waals surface area contributed by atoms with Crippen molar-refractivity contribution in [2.45, 2.75) is 64.8 Å². The molecule has 0 radical (unpaired) electrons. The van der Waals surface area contributed by atoms with Gasteiger partial charge in [-0.1, -0.05) is 19.8 Å². The van der Waals surface area contributed by atoms with Gasteiger partial charge in [0.25, 0.3) is 0 Å². The fourth-order valence-corrected chi connectivity index (χ4v) is 2.45. The molecule has 0 aromatic heterocycles. The Kier molecular flexibility index (Phi) is 6.56. The van der Waals surface area contributed by atoms with Crippen LogP contribution >= 0.6 is 0 Å². The molecular formula is C14H28N2O. The SMILES string of the molecule is CCCC(CCN)CCC(=O)NC(C)C1CC1. The molecule has 0 spiro atoms. The predicted molar refractivity (Wildman–Crippen MR) is 71.6 cm³/mol. The quantitative estimate of drug-likeness (QED) is 0.650. The van der Waals surface area contributed by atoms with Crippen LogP contribution in [0.25, 0.3) is 0 Å². The molecule has 1 rings (SSSR count). The van der Waals surface area contributed by atoms with Gasteiger partial charge in [-0.3, -0.25) is 4.79 Å². The van der Waals surface area contributed by atoms with Crippen LogP contribution in [0.4, 0.5) is 0 Å². The molecule has 17 heavy (non-hydrogen) atoms. The van der Waals surface area contributed by atoms with Gasteiger partial charge in [0.2, 0.25) is 5.91 Å². The topological polar surface area (TPSA) is 55.1 Å². The summed E-state index contributed by atoms with van der Waals surface area (Å²) in [6.45, 7) is 5.06. The van der Waals surface area contributed by atoms with Crippen LogP contribution in [0.1, 0.15) is 58.8 Å². The second-order valence-electron chi connectivity index (χ2n) is 5.46. The maximum atomic E-state index is 11.8. The van der Waals surface area contributed by atoms with Gasteiger partial charge in [-0.25, -0.2) is 0 Å². The standard InChI is InChI=1S/C14H28N2O/c1-3-4-12(9-10-15)5-8-14(17)16-11(2)13-6-7-13/h11-13H,3-10,15H2,1-2H3,(H,16,17). The Bertz CT molecular complexity index is 220. The molecule has 0 aromatic rings. The number of carbonyl (C=O) groups is 1. The molecular weight excluding hydrogens is 212 g/mol. The van der Waals surface area contributed by atoms with Crippen molar-refractivity contribution in [2.75, 3.05) is 6.54 Å². The largest absolute Gasteiger partial charge is 0.353 e. The number of nitrogens with one attached hydrogen (secondary N) is 1. The Labute approximate surface area is 106 Å². The summed E-state index contributed by atoms with van der Waals surface area (Å²) in [7, 11) is 0. The number of carbonyl (C=O) groups excluding carboxylic acids is 1. The van der Waals surface area contributed by atoms with Crippen molar-refractivity contribution in [1.82, 2.24) is 5.32 Å². The number of amides is 1. The zero-order valence-corrected chi connectivity index (χ0v) is 11.4. The van der Waals surface area contributed by atoms with Gasteiger partial charge in [0.1, 0.15) is 0 Å². The highest BCUT2D eigenvalue weighted by atomic mass is 16.1. The summed E-state index contributed by atoms with van der Waals surface area (Å²) in [6.07, 6.45) is 7.67. The highest BCUT2D eigenvalue weighted by molar-refractivity contribution is 5.76. The summed E-state index contributed by atoms with van der Waals surface area (Å²) in [5.74, 6) is 1.60. The summed E-state index contributed by atoms with van der Waals surface area (Å²) < 4.78 is 0. The molecule has 2 unspecified atom stereocenters. The first-order valence-electron chi connectivity index (χ1n) is 7.16. The number of rotatable bonds is 9. The lowest BCUT2D eigenvalue weighted by molar-refractivity contribution is -0.122. The smallest absolute Gasteiger partial charge is 0.220 e. The van der Waals surface area contributed by atoms with E-state index in [1.165, 1.54) is 25.7 Å². The van der Waals surface area contributed by atoms with E-state index in [1.807, 2.05) is 0 Å². The van der Waals surface area contributed by atoms with Gasteiger partial charge in [-0.05, 0) is 51.0 Å². The van der Waals surface area contributed by atoms with Gasteiger partial charge in [0.15, 0.2) is 0 Å². The molecule has 100 valence electrons. The second-order valence-corrected chi connectivity index (χ2v) is 5.46. The van der Waals surface area contributed by atoms with Crippen LogP contribution in [0.15, 0.2) is 0 Å². The van der Waals surface area contributed by atoms with Crippen LogP contribution in [0.2, 0.25) is 0 Å². The van der Waals surface area contributed by atoms with Crippen molar-refractivity contribution in [3.8, 4) is 0 Å². The van der Waals surface area contributed by atoms with E-state index in [2.05, 4.69) is 19.2 Å². The summed E-state index contributed by atoms with van der Waals surface area (Å²) in [6, 6.07) is 0.377. The van der Waals surface area contributed by atoms with E-state index in [0.29, 0.717) is 18.4 Å². The molecule has 2 atom stereocenters. The van der Waals surface area contributed by atoms with E-state index in [0.717, 1.165) is 25.3 Å².